The van der Waals surface area contributed by atoms with E-state index in [4.69, 9.17) is 4.74 Å². The molecule has 0 aromatic carbocycles. The molecule has 0 aliphatic rings. The van der Waals surface area contributed by atoms with Gasteiger partial charge in [0, 0.05) is 6.04 Å². The van der Waals surface area contributed by atoms with Crippen molar-refractivity contribution in [2.75, 3.05) is 0 Å². The van der Waals surface area contributed by atoms with Crippen molar-refractivity contribution < 1.29 is 9.53 Å². The molecule has 14 heavy (non-hydrogen) atoms. The summed E-state index contributed by atoms with van der Waals surface area (Å²) in [5, 5.41) is 3.17. The zero-order chi connectivity index (χ0) is 11.6. The first-order chi connectivity index (χ1) is 6.04. The molecule has 3 heteroatoms. The molecule has 0 saturated heterocycles. The molecule has 0 amide bonds. The van der Waals surface area contributed by atoms with Gasteiger partial charge in [-0.1, -0.05) is 0 Å². The summed E-state index contributed by atoms with van der Waals surface area (Å²) in [6.07, 6.45) is 0. The SMILES string of the molecule is CC(C)NC(C)(C)C(=O)OC(C)(C)C. The number of ether oxygens (including phenoxy) is 1. The average Bonchev–Trinajstić information content (AvgIpc) is 1.79. The van der Waals surface area contributed by atoms with E-state index < -0.39 is 11.1 Å². The van der Waals surface area contributed by atoms with Gasteiger partial charge in [-0.05, 0) is 48.5 Å². The topological polar surface area (TPSA) is 38.3 Å². The number of rotatable bonds is 3. The lowest BCUT2D eigenvalue weighted by Gasteiger charge is -2.30. The van der Waals surface area contributed by atoms with Crippen molar-refractivity contribution in [3.05, 3.63) is 0 Å². The lowest BCUT2D eigenvalue weighted by atomic mass is 10.0. The van der Waals surface area contributed by atoms with Crippen molar-refractivity contribution in [3.63, 3.8) is 0 Å². The fraction of sp³-hybridized carbons (Fsp3) is 0.909. The van der Waals surface area contributed by atoms with Crippen molar-refractivity contribution in [2.24, 2.45) is 0 Å². The van der Waals surface area contributed by atoms with Crippen LogP contribution in [0.25, 0.3) is 0 Å². The lowest BCUT2D eigenvalue weighted by molar-refractivity contribution is -0.162. The minimum absolute atomic E-state index is 0.210. The van der Waals surface area contributed by atoms with Gasteiger partial charge in [0.1, 0.15) is 11.1 Å². The third kappa shape index (κ3) is 5.22. The van der Waals surface area contributed by atoms with Crippen molar-refractivity contribution in [2.45, 2.75) is 65.6 Å². The minimum Gasteiger partial charge on any atom is -0.459 e. The van der Waals surface area contributed by atoms with Crippen LogP contribution < -0.4 is 5.32 Å². The Morgan fingerprint density at radius 3 is 1.86 bits per heavy atom. The second-order valence-electron chi connectivity index (χ2n) is 5.43. The summed E-state index contributed by atoms with van der Waals surface area (Å²) in [5.41, 5.74) is -1.05. The number of hydrogen-bond donors (Lipinski definition) is 1. The predicted molar refractivity (Wildman–Crippen MR) is 58.2 cm³/mol. The largest absolute Gasteiger partial charge is 0.459 e. The molecule has 0 spiro atoms. The summed E-state index contributed by atoms with van der Waals surface area (Å²) in [4.78, 5) is 11.7. The first-order valence-corrected chi connectivity index (χ1v) is 5.06. The van der Waals surface area contributed by atoms with Gasteiger partial charge >= 0.3 is 5.97 Å². The van der Waals surface area contributed by atoms with Gasteiger partial charge in [0.25, 0.3) is 0 Å². The second kappa shape index (κ2) is 4.30. The monoisotopic (exact) mass is 201 g/mol. The third-order valence-corrected chi connectivity index (χ3v) is 1.56. The molecule has 84 valence electrons. The van der Waals surface area contributed by atoms with Crippen molar-refractivity contribution >= 4 is 5.97 Å². The Morgan fingerprint density at radius 1 is 1.14 bits per heavy atom. The van der Waals surface area contributed by atoms with E-state index in [0.717, 1.165) is 0 Å². The van der Waals surface area contributed by atoms with E-state index in [2.05, 4.69) is 5.32 Å². The van der Waals surface area contributed by atoms with E-state index in [1.165, 1.54) is 0 Å². The van der Waals surface area contributed by atoms with Gasteiger partial charge < -0.3 is 10.1 Å². The van der Waals surface area contributed by atoms with E-state index >= 15 is 0 Å². The van der Waals surface area contributed by atoms with Crippen LogP contribution in [0.3, 0.4) is 0 Å². The molecule has 3 nitrogen and oxygen atoms in total. The number of esters is 1. The van der Waals surface area contributed by atoms with Crippen LogP contribution in [-0.4, -0.2) is 23.2 Å². The van der Waals surface area contributed by atoms with Crippen molar-refractivity contribution in [3.8, 4) is 0 Å². The van der Waals surface area contributed by atoms with Gasteiger partial charge in [-0.3, -0.25) is 4.79 Å². The zero-order valence-electron chi connectivity index (χ0n) is 10.4. The Hall–Kier alpha value is -0.570. The summed E-state index contributed by atoms with van der Waals surface area (Å²) < 4.78 is 5.30. The second-order valence-corrected chi connectivity index (χ2v) is 5.43. The average molecular weight is 201 g/mol. The van der Waals surface area contributed by atoms with E-state index in [9.17, 15) is 4.79 Å². The molecule has 0 aliphatic carbocycles. The van der Waals surface area contributed by atoms with Gasteiger partial charge in [0.15, 0.2) is 0 Å². The molecule has 0 bridgehead atoms. The quantitative estimate of drug-likeness (QED) is 0.711. The molecule has 0 radical (unpaired) electrons. The highest BCUT2D eigenvalue weighted by Crippen LogP contribution is 2.14. The van der Waals surface area contributed by atoms with Crippen LogP contribution >= 0.6 is 0 Å². The first-order valence-electron chi connectivity index (χ1n) is 5.06. The van der Waals surface area contributed by atoms with Crippen LogP contribution in [0.4, 0.5) is 0 Å². The normalized spacial score (nSPS) is 13.1. The Morgan fingerprint density at radius 2 is 1.57 bits per heavy atom. The summed E-state index contributed by atoms with van der Waals surface area (Å²) in [6, 6.07) is 0.262. The highest BCUT2D eigenvalue weighted by atomic mass is 16.6. The van der Waals surface area contributed by atoms with Crippen LogP contribution in [0, 0.1) is 0 Å². The van der Waals surface area contributed by atoms with Crippen LogP contribution in [0.1, 0.15) is 48.5 Å². The van der Waals surface area contributed by atoms with Crippen molar-refractivity contribution in [1.82, 2.24) is 5.32 Å². The predicted octanol–water partition coefficient (Wildman–Crippen LogP) is 2.10. The molecular weight excluding hydrogens is 178 g/mol. The summed E-state index contributed by atoms with van der Waals surface area (Å²) >= 11 is 0. The smallest absolute Gasteiger partial charge is 0.326 e. The molecular formula is C11H23NO2. The van der Waals surface area contributed by atoms with Crippen molar-refractivity contribution in [1.29, 1.82) is 0 Å². The van der Waals surface area contributed by atoms with Crippen LogP contribution in [-0.2, 0) is 9.53 Å². The molecule has 0 heterocycles. The van der Waals surface area contributed by atoms with Gasteiger partial charge in [-0.15, -0.1) is 0 Å². The standard InChI is InChI=1S/C11H23NO2/c1-8(2)12-11(6,7)9(13)14-10(3,4)5/h8,12H,1-7H3. The van der Waals surface area contributed by atoms with Gasteiger partial charge in [-0.2, -0.15) is 0 Å². The molecule has 0 unspecified atom stereocenters. The maximum Gasteiger partial charge on any atom is 0.326 e. The van der Waals surface area contributed by atoms with E-state index in [0.29, 0.717) is 0 Å². The summed E-state index contributed by atoms with van der Waals surface area (Å²) in [5.74, 6) is -0.210. The Bertz CT molecular complexity index is 202. The highest BCUT2D eigenvalue weighted by Gasteiger charge is 2.32. The van der Waals surface area contributed by atoms with E-state index in [1.54, 1.807) is 0 Å². The first kappa shape index (κ1) is 13.4. The summed E-state index contributed by atoms with van der Waals surface area (Å²) in [7, 11) is 0. The fourth-order valence-electron chi connectivity index (χ4n) is 1.19. The Kier molecular flexibility index (Phi) is 4.13. The number of hydrogen-bond acceptors (Lipinski definition) is 3. The molecule has 0 aliphatic heterocycles. The molecule has 0 aromatic heterocycles. The van der Waals surface area contributed by atoms with Crippen LogP contribution in [0.5, 0.6) is 0 Å². The maximum atomic E-state index is 11.7. The van der Waals surface area contributed by atoms with Crippen LogP contribution in [0.15, 0.2) is 0 Å². The zero-order valence-corrected chi connectivity index (χ0v) is 10.4. The maximum absolute atomic E-state index is 11.7. The molecule has 0 aromatic rings. The highest BCUT2D eigenvalue weighted by molar-refractivity contribution is 5.80. The fourth-order valence-corrected chi connectivity index (χ4v) is 1.19. The third-order valence-electron chi connectivity index (χ3n) is 1.56. The van der Waals surface area contributed by atoms with Gasteiger partial charge in [0.05, 0.1) is 0 Å². The number of carbonyl (C=O) groups is 1. The Labute approximate surface area is 87.2 Å². The molecule has 0 saturated carbocycles. The lowest BCUT2D eigenvalue weighted by Crippen LogP contribution is -2.52. The Balaban J connectivity index is 4.36. The minimum atomic E-state index is -0.624. The molecule has 0 fully saturated rings. The van der Waals surface area contributed by atoms with Gasteiger partial charge in [-0.25, -0.2) is 0 Å². The summed E-state index contributed by atoms with van der Waals surface area (Å²) in [6.45, 7) is 13.3. The van der Waals surface area contributed by atoms with E-state index in [1.807, 2.05) is 48.5 Å². The molecule has 0 atom stereocenters. The number of carbonyl (C=O) groups excluding carboxylic acids is 1. The van der Waals surface area contributed by atoms with Gasteiger partial charge in [0.2, 0.25) is 0 Å². The number of nitrogens with one attached hydrogen (secondary N) is 1. The molecule has 0 rings (SSSR count). The van der Waals surface area contributed by atoms with Crippen LogP contribution in [0.2, 0.25) is 0 Å². The molecule has 1 N–H and O–H groups in total. The van der Waals surface area contributed by atoms with E-state index in [-0.39, 0.29) is 12.0 Å².